The Morgan fingerprint density at radius 1 is 1.00 bits per heavy atom. The van der Waals surface area contributed by atoms with Crippen molar-refractivity contribution < 1.29 is 13.2 Å². The molecule has 2 heterocycles. The highest BCUT2D eigenvalue weighted by atomic mass is 35.5. The third-order valence-corrected chi connectivity index (χ3v) is 2.30. The first-order chi connectivity index (χ1) is 7.97. The predicted molar refractivity (Wildman–Crippen MR) is 57.5 cm³/mol. The summed E-state index contributed by atoms with van der Waals surface area (Å²) in [5.74, 6) is 0. The normalized spacial score (nSPS) is 11.5. The zero-order valence-corrected chi connectivity index (χ0v) is 9.13. The van der Waals surface area contributed by atoms with Crippen LogP contribution in [-0.2, 0) is 6.18 Å². The number of pyridine rings is 2. The number of hydrogen-bond acceptors (Lipinski definition) is 2. The van der Waals surface area contributed by atoms with Crippen molar-refractivity contribution in [1.82, 2.24) is 9.97 Å². The number of alkyl halides is 3. The van der Waals surface area contributed by atoms with Gasteiger partial charge in [0.1, 0.15) is 5.69 Å². The molecular weight excluding hydrogens is 253 g/mol. The van der Waals surface area contributed by atoms with Crippen LogP contribution in [0.5, 0.6) is 0 Å². The smallest absolute Gasteiger partial charge is 0.263 e. The molecule has 0 fully saturated rings. The van der Waals surface area contributed by atoms with Crippen molar-refractivity contribution in [3.63, 3.8) is 0 Å². The molecule has 0 spiro atoms. The van der Waals surface area contributed by atoms with Gasteiger partial charge in [-0.3, -0.25) is 9.97 Å². The maximum Gasteiger partial charge on any atom is 0.433 e. The molecule has 0 saturated carbocycles. The second-order valence-electron chi connectivity index (χ2n) is 3.32. The lowest BCUT2D eigenvalue weighted by Gasteiger charge is -2.06. The number of nitrogens with zero attached hydrogens (tertiary/aromatic N) is 2. The van der Waals surface area contributed by atoms with E-state index in [1.54, 1.807) is 6.07 Å². The fraction of sp³-hybridized carbons (Fsp3) is 0.0909. The molecule has 0 aliphatic rings. The lowest BCUT2D eigenvalue weighted by Crippen LogP contribution is -2.07. The minimum atomic E-state index is -4.43. The van der Waals surface area contributed by atoms with Gasteiger partial charge in [-0.15, -0.1) is 0 Å². The van der Waals surface area contributed by atoms with E-state index in [-0.39, 0.29) is 0 Å². The van der Waals surface area contributed by atoms with E-state index in [2.05, 4.69) is 9.97 Å². The van der Waals surface area contributed by atoms with Crippen molar-refractivity contribution >= 4 is 11.6 Å². The first kappa shape index (κ1) is 11.9. The van der Waals surface area contributed by atoms with E-state index in [9.17, 15) is 13.2 Å². The quantitative estimate of drug-likeness (QED) is 0.777. The molecule has 2 aromatic heterocycles. The van der Waals surface area contributed by atoms with E-state index in [4.69, 9.17) is 11.6 Å². The Bertz CT molecular complexity index is 523. The van der Waals surface area contributed by atoms with Gasteiger partial charge in [0, 0.05) is 29.7 Å². The Balaban J connectivity index is 2.36. The molecule has 2 nitrogen and oxygen atoms in total. The van der Waals surface area contributed by atoms with Crippen molar-refractivity contribution in [2.75, 3.05) is 0 Å². The Morgan fingerprint density at radius 2 is 1.76 bits per heavy atom. The highest BCUT2D eigenvalue weighted by Crippen LogP contribution is 2.29. The van der Waals surface area contributed by atoms with Crippen molar-refractivity contribution in [3.8, 4) is 11.1 Å². The number of aromatic nitrogens is 2. The first-order valence-corrected chi connectivity index (χ1v) is 4.99. The molecule has 2 rings (SSSR count). The molecule has 0 saturated heterocycles. The van der Waals surface area contributed by atoms with Crippen LogP contribution in [0.1, 0.15) is 5.69 Å². The van der Waals surface area contributed by atoms with Crippen LogP contribution in [0.3, 0.4) is 0 Å². The third kappa shape index (κ3) is 2.74. The third-order valence-electron chi connectivity index (χ3n) is 2.09. The minimum absolute atomic E-state index is 0.419. The molecular formula is C11H6ClF3N2. The molecule has 88 valence electrons. The molecule has 17 heavy (non-hydrogen) atoms. The van der Waals surface area contributed by atoms with Gasteiger partial charge < -0.3 is 0 Å². The van der Waals surface area contributed by atoms with Gasteiger partial charge >= 0.3 is 6.18 Å². The molecule has 0 aromatic carbocycles. The molecule has 0 unspecified atom stereocenters. The number of hydrogen-bond donors (Lipinski definition) is 0. The first-order valence-electron chi connectivity index (χ1n) is 4.61. The second-order valence-corrected chi connectivity index (χ2v) is 3.76. The number of halogens is 4. The summed E-state index contributed by atoms with van der Waals surface area (Å²) < 4.78 is 36.9. The van der Waals surface area contributed by atoms with E-state index in [0.29, 0.717) is 16.1 Å². The minimum Gasteiger partial charge on any atom is -0.263 e. The summed E-state index contributed by atoms with van der Waals surface area (Å²) in [7, 11) is 0. The Kier molecular flexibility index (Phi) is 3.02. The van der Waals surface area contributed by atoms with Crippen molar-refractivity contribution in [1.29, 1.82) is 0 Å². The standard InChI is InChI=1S/C11H6ClF3N2/c12-9-3-8(4-16-6-9)7-1-2-10(17-5-7)11(13,14)15/h1-6H. The van der Waals surface area contributed by atoms with Gasteiger partial charge in [0.05, 0.1) is 5.02 Å². The van der Waals surface area contributed by atoms with Gasteiger partial charge in [-0.05, 0) is 12.1 Å². The SMILES string of the molecule is FC(F)(F)c1ccc(-c2cncc(Cl)c2)cn1. The lowest BCUT2D eigenvalue weighted by molar-refractivity contribution is -0.141. The fourth-order valence-corrected chi connectivity index (χ4v) is 1.48. The highest BCUT2D eigenvalue weighted by Gasteiger charge is 2.32. The second kappa shape index (κ2) is 4.33. The summed E-state index contributed by atoms with van der Waals surface area (Å²) in [4.78, 5) is 7.21. The average Bonchev–Trinajstić information content (AvgIpc) is 2.28. The largest absolute Gasteiger partial charge is 0.433 e. The van der Waals surface area contributed by atoms with Crippen molar-refractivity contribution in [2.45, 2.75) is 6.18 Å². The van der Waals surface area contributed by atoms with Crippen molar-refractivity contribution in [3.05, 3.63) is 47.5 Å². The summed E-state index contributed by atoms with van der Waals surface area (Å²) in [5, 5.41) is 0.419. The van der Waals surface area contributed by atoms with Gasteiger partial charge in [0.15, 0.2) is 0 Å². The monoisotopic (exact) mass is 258 g/mol. The molecule has 0 N–H and O–H groups in total. The van der Waals surface area contributed by atoms with Gasteiger partial charge in [-0.1, -0.05) is 17.7 Å². The Hall–Kier alpha value is -1.62. The van der Waals surface area contributed by atoms with Crippen LogP contribution in [-0.4, -0.2) is 9.97 Å². The van der Waals surface area contributed by atoms with E-state index >= 15 is 0 Å². The fourth-order valence-electron chi connectivity index (χ4n) is 1.30. The summed E-state index contributed by atoms with van der Waals surface area (Å²) in [6, 6.07) is 3.87. The van der Waals surface area contributed by atoms with Gasteiger partial charge in [-0.25, -0.2) is 0 Å². The van der Waals surface area contributed by atoms with Crippen molar-refractivity contribution in [2.24, 2.45) is 0 Å². The molecule has 0 aliphatic heterocycles. The van der Waals surface area contributed by atoms with E-state index in [0.717, 1.165) is 12.3 Å². The zero-order valence-electron chi connectivity index (χ0n) is 8.37. The summed E-state index contributed by atoms with van der Waals surface area (Å²) in [6.45, 7) is 0. The van der Waals surface area contributed by atoms with Crippen LogP contribution in [0.2, 0.25) is 5.02 Å². The summed E-state index contributed by atoms with van der Waals surface area (Å²) >= 11 is 5.74. The van der Waals surface area contributed by atoms with Crippen LogP contribution in [0, 0.1) is 0 Å². The van der Waals surface area contributed by atoms with Crippen LogP contribution >= 0.6 is 11.6 Å². The summed E-state index contributed by atoms with van der Waals surface area (Å²) in [6.07, 6.45) is -0.319. The molecule has 0 bridgehead atoms. The molecule has 0 radical (unpaired) electrons. The molecule has 0 amide bonds. The van der Waals surface area contributed by atoms with Crippen LogP contribution < -0.4 is 0 Å². The van der Waals surface area contributed by atoms with Gasteiger partial charge in [0.25, 0.3) is 0 Å². The van der Waals surface area contributed by atoms with Gasteiger partial charge in [0.2, 0.25) is 0 Å². The topological polar surface area (TPSA) is 25.8 Å². The maximum absolute atomic E-state index is 12.3. The van der Waals surface area contributed by atoms with Crippen LogP contribution in [0.15, 0.2) is 36.8 Å². The molecule has 2 aromatic rings. The average molecular weight is 259 g/mol. The Morgan fingerprint density at radius 3 is 2.29 bits per heavy atom. The molecule has 0 aliphatic carbocycles. The molecule has 6 heteroatoms. The van der Waals surface area contributed by atoms with Crippen LogP contribution in [0.25, 0.3) is 11.1 Å². The number of rotatable bonds is 1. The lowest BCUT2D eigenvalue weighted by atomic mass is 10.1. The van der Waals surface area contributed by atoms with E-state index in [1.807, 2.05) is 0 Å². The predicted octanol–water partition coefficient (Wildman–Crippen LogP) is 3.82. The Labute approximate surface area is 100 Å². The maximum atomic E-state index is 12.3. The molecule has 0 atom stereocenters. The summed E-state index contributed by atoms with van der Waals surface area (Å²) in [5.41, 5.74) is 0.239. The van der Waals surface area contributed by atoms with Gasteiger partial charge in [-0.2, -0.15) is 13.2 Å². The highest BCUT2D eigenvalue weighted by molar-refractivity contribution is 6.30. The zero-order chi connectivity index (χ0) is 12.5. The van der Waals surface area contributed by atoms with E-state index < -0.39 is 11.9 Å². The van der Waals surface area contributed by atoms with Crippen LogP contribution in [0.4, 0.5) is 13.2 Å². The van der Waals surface area contributed by atoms with E-state index in [1.165, 1.54) is 18.5 Å².